The van der Waals surface area contributed by atoms with Crippen LogP contribution >= 0.6 is 0 Å². The van der Waals surface area contributed by atoms with Gasteiger partial charge in [0, 0.05) is 36.1 Å². The van der Waals surface area contributed by atoms with Crippen LogP contribution < -0.4 is 15.6 Å². The van der Waals surface area contributed by atoms with Gasteiger partial charge in [0.05, 0.1) is 13.0 Å². The smallest absolute Gasteiger partial charge is 0.251 e. The van der Waals surface area contributed by atoms with Crippen LogP contribution in [0.3, 0.4) is 0 Å². The second kappa shape index (κ2) is 9.96. The number of aromatic amines is 1. The summed E-state index contributed by atoms with van der Waals surface area (Å²) < 4.78 is 46.5. The van der Waals surface area contributed by atoms with Crippen LogP contribution in [0.25, 0.3) is 11.4 Å². The van der Waals surface area contributed by atoms with Crippen LogP contribution in [0.1, 0.15) is 18.5 Å². The lowest BCUT2D eigenvalue weighted by Crippen LogP contribution is -2.43. The van der Waals surface area contributed by atoms with Gasteiger partial charge in [-0.25, -0.2) is 17.8 Å². The van der Waals surface area contributed by atoms with E-state index in [9.17, 15) is 22.4 Å². The molecule has 4 rings (SSSR count). The molecule has 0 bridgehead atoms. The first-order chi connectivity index (χ1) is 16.7. The number of aryl methyl sites for hydroxylation is 1. The zero-order chi connectivity index (χ0) is 25.2. The van der Waals surface area contributed by atoms with Gasteiger partial charge < -0.3 is 15.0 Å². The van der Waals surface area contributed by atoms with E-state index >= 15 is 0 Å². The zero-order valence-electron chi connectivity index (χ0n) is 19.2. The molecule has 0 aliphatic carbocycles. The first-order valence-electron chi connectivity index (χ1n) is 11.0. The lowest BCUT2D eigenvalue weighted by molar-refractivity contribution is -0.120. The Balaban J connectivity index is 1.52. The van der Waals surface area contributed by atoms with Crippen LogP contribution in [0, 0.1) is 18.7 Å². The van der Waals surface area contributed by atoms with Crippen LogP contribution in [0.4, 0.5) is 10.1 Å². The van der Waals surface area contributed by atoms with E-state index in [-0.39, 0.29) is 35.2 Å². The summed E-state index contributed by atoms with van der Waals surface area (Å²) in [5.41, 5.74) is 1.40. The van der Waals surface area contributed by atoms with Crippen molar-refractivity contribution in [3.8, 4) is 17.1 Å². The van der Waals surface area contributed by atoms with Gasteiger partial charge in [0.2, 0.25) is 15.9 Å². The minimum Gasteiger partial charge on any atom is -0.495 e. The maximum Gasteiger partial charge on any atom is 0.251 e. The molecule has 2 aromatic carbocycles. The third kappa shape index (κ3) is 5.41. The molecule has 1 fully saturated rings. The number of anilines is 1. The van der Waals surface area contributed by atoms with Crippen molar-refractivity contribution in [2.45, 2.75) is 24.7 Å². The number of methoxy groups -OCH3 is 1. The molecule has 1 atom stereocenters. The van der Waals surface area contributed by atoms with E-state index < -0.39 is 21.8 Å². The van der Waals surface area contributed by atoms with Crippen molar-refractivity contribution in [1.29, 1.82) is 0 Å². The largest absolute Gasteiger partial charge is 0.495 e. The Labute approximate surface area is 202 Å². The zero-order valence-corrected chi connectivity index (χ0v) is 20.1. The van der Waals surface area contributed by atoms with E-state index in [4.69, 9.17) is 4.74 Å². The molecule has 0 saturated carbocycles. The highest BCUT2D eigenvalue weighted by Gasteiger charge is 2.35. The summed E-state index contributed by atoms with van der Waals surface area (Å²) in [5, 5.41) is 2.83. The van der Waals surface area contributed by atoms with Gasteiger partial charge in [0.1, 0.15) is 22.3 Å². The van der Waals surface area contributed by atoms with Crippen molar-refractivity contribution >= 4 is 21.6 Å². The van der Waals surface area contributed by atoms with Gasteiger partial charge in [-0.05, 0) is 50.1 Å². The highest BCUT2D eigenvalue weighted by molar-refractivity contribution is 7.89. The second-order valence-electron chi connectivity index (χ2n) is 8.30. The number of ether oxygens (including phenoxy) is 1. The topological polar surface area (TPSA) is 121 Å². The number of rotatable bonds is 6. The van der Waals surface area contributed by atoms with Gasteiger partial charge in [0.25, 0.3) is 5.56 Å². The normalized spacial score (nSPS) is 16.6. The lowest BCUT2D eigenvalue weighted by atomic mass is 9.98. The lowest BCUT2D eigenvalue weighted by Gasteiger charge is -2.31. The van der Waals surface area contributed by atoms with Gasteiger partial charge in [-0.1, -0.05) is 12.1 Å². The van der Waals surface area contributed by atoms with Crippen LogP contribution in [0.15, 0.2) is 58.2 Å². The molecule has 1 aliphatic rings. The summed E-state index contributed by atoms with van der Waals surface area (Å²) in [7, 11) is -2.76. The predicted octanol–water partition coefficient (Wildman–Crippen LogP) is 2.93. The molecule has 2 heterocycles. The minimum absolute atomic E-state index is 0.0394. The average Bonchev–Trinajstić information content (AvgIpc) is 2.83. The predicted molar refractivity (Wildman–Crippen MR) is 128 cm³/mol. The van der Waals surface area contributed by atoms with Crippen molar-refractivity contribution in [2.24, 2.45) is 5.92 Å². The molecular formula is C24H25FN4O5S. The van der Waals surface area contributed by atoms with Crippen LogP contribution in [0.2, 0.25) is 0 Å². The van der Waals surface area contributed by atoms with Crippen molar-refractivity contribution in [2.75, 3.05) is 25.5 Å². The van der Waals surface area contributed by atoms with Crippen molar-refractivity contribution < 1.29 is 22.3 Å². The summed E-state index contributed by atoms with van der Waals surface area (Å²) in [4.78, 5) is 31.5. The number of sulfonamides is 1. The van der Waals surface area contributed by atoms with E-state index in [1.54, 1.807) is 31.2 Å². The molecule has 0 unspecified atom stereocenters. The quantitative estimate of drug-likeness (QED) is 0.537. The third-order valence-electron chi connectivity index (χ3n) is 5.77. The summed E-state index contributed by atoms with van der Waals surface area (Å²) in [6.07, 6.45) is 0.980. The molecule has 2 N–H and O–H groups in total. The maximum atomic E-state index is 13.8. The van der Waals surface area contributed by atoms with Crippen LogP contribution in [-0.2, 0) is 14.8 Å². The van der Waals surface area contributed by atoms with Crippen molar-refractivity contribution in [3.05, 3.63) is 70.4 Å². The number of carbonyl (C=O) groups is 1. The van der Waals surface area contributed by atoms with Gasteiger partial charge in [-0.15, -0.1) is 0 Å². The summed E-state index contributed by atoms with van der Waals surface area (Å²) in [6, 6.07) is 11.6. The van der Waals surface area contributed by atoms with Crippen molar-refractivity contribution in [3.63, 3.8) is 0 Å². The molecule has 0 spiro atoms. The Kier molecular flexibility index (Phi) is 6.99. The van der Waals surface area contributed by atoms with E-state index in [1.807, 2.05) is 0 Å². The molecule has 1 amide bonds. The van der Waals surface area contributed by atoms with E-state index in [0.717, 1.165) is 12.1 Å². The number of piperidine rings is 1. The number of aromatic nitrogens is 2. The van der Waals surface area contributed by atoms with Gasteiger partial charge in [0.15, 0.2) is 0 Å². The molecule has 9 nitrogen and oxygen atoms in total. The molecule has 0 radical (unpaired) electrons. The molecule has 35 heavy (non-hydrogen) atoms. The first-order valence-corrected chi connectivity index (χ1v) is 12.4. The Morgan fingerprint density at radius 1 is 1.23 bits per heavy atom. The SMILES string of the molecule is COc1ccc(F)cc1S(=O)(=O)N1CCC[C@H](C(=O)Nc2cccc(-c3nc(C)cc(=O)[nH]3)c2)C1. The summed E-state index contributed by atoms with van der Waals surface area (Å²) in [6.45, 7) is 1.89. The number of H-pyrrole nitrogens is 1. The minimum atomic E-state index is -4.07. The number of halogens is 1. The van der Waals surface area contributed by atoms with E-state index in [1.165, 1.54) is 23.5 Å². The number of benzene rings is 2. The van der Waals surface area contributed by atoms with Gasteiger partial charge in [-0.2, -0.15) is 4.31 Å². The number of nitrogens with zero attached hydrogens (tertiary/aromatic N) is 2. The summed E-state index contributed by atoms with van der Waals surface area (Å²) >= 11 is 0. The Morgan fingerprint density at radius 2 is 2.03 bits per heavy atom. The molecule has 3 aromatic rings. The highest BCUT2D eigenvalue weighted by Crippen LogP contribution is 2.31. The molecular weight excluding hydrogens is 475 g/mol. The van der Waals surface area contributed by atoms with Crippen LogP contribution in [0.5, 0.6) is 5.75 Å². The first kappa shape index (κ1) is 24.6. The fraction of sp³-hybridized carbons (Fsp3) is 0.292. The van der Waals surface area contributed by atoms with Crippen molar-refractivity contribution in [1.82, 2.24) is 14.3 Å². The average molecular weight is 501 g/mol. The standard InChI is InChI=1S/C24H25FN4O5S/c1-15-11-22(30)28-23(26-15)16-5-3-7-19(12-16)27-24(31)17-6-4-10-29(14-17)35(32,33)21-13-18(25)8-9-20(21)34-2/h3,5,7-9,11-13,17H,4,6,10,14H2,1-2H3,(H,27,31)(H,26,28,30)/t17-/m0/s1. The van der Waals surface area contributed by atoms with Gasteiger partial charge >= 0.3 is 0 Å². The Morgan fingerprint density at radius 3 is 2.77 bits per heavy atom. The van der Waals surface area contributed by atoms with E-state index in [0.29, 0.717) is 35.6 Å². The third-order valence-corrected chi connectivity index (χ3v) is 7.66. The highest BCUT2D eigenvalue weighted by atomic mass is 32.2. The number of amides is 1. The molecule has 1 aromatic heterocycles. The number of nitrogens with one attached hydrogen (secondary N) is 2. The molecule has 11 heteroatoms. The number of hydrogen-bond donors (Lipinski definition) is 2. The maximum absolute atomic E-state index is 13.8. The number of hydrogen-bond acceptors (Lipinski definition) is 6. The Hall–Kier alpha value is -3.57. The summed E-state index contributed by atoms with van der Waals surface area (Å²) in [5.74, 6) is -1.21. The molecule has 1 saturated heterocycles. The fourth-order valence-electron chi connectivity index (χ4n) is 4.07. The van der Waals surface area contributed by atoms with Gasteiger partial charge in [-0.3, -0.25) is 9.59 Å². The fourth-order valence-corrected chi connectivity index (χ4v) is 5.76. The monoisotopic (exact) mass is 500 g/mol. The second-order valence-corrected chi connectivity index (χ2v) is 10.2. The van der Waals surface area contributed by atoms with E-state index in [2.05, 4.69) is 15.3 Å². The molecule has 184 valence electrons. The Bertz CT molecular complexity index is 1420. The number of carbonyl (C=O) groups excluding carboxylic acids is 1. The molecule has 1 aliphatic heterocycles. The van der Waals surface area contributed by atoms with Crippen LogP contribution in [-0.4, -0.2) is 48.8 Å².